The Kier molecular flexibility index (Phi) is 5.91. The number of nitrogens with one attached hydrogen (secondary N) is 1. The molecule has 1 saturated carbocycles. The van der Waals surface area contributed by atoms with Crippen LogP contribution < -0.4 is 10.3 Å². The van der Waals surface area contributed by atoms with Gasteiger partial charge in [-0.15, -0.1) is 0 Å². The minimum atomic E-state index is -2.78. The van der Waals surface area contributed by atoms with Crippen molar-refractivity contribution in [3.8, 4) is 11.1 Å². The van der Waals surface area contributed by atoms with Crippen molar-refractivity contribution in [3.05, 3.63) is 92.9 Å². The SMILES string of the molecule is Cn1cc2c(cc1=O)[C@H](C1CC1)N=C(c1ccc(F)cc1)c1cc(F)c(CCN[SH](=O)=O)cc1-2. The molecular formula is C25H23F2N3O3S. The Morgan fingerprint density at radius 3 is 2.47 bits per heavy atom. The van der Waals surface area contributed by atoms with Crippen molar-refractivity contribution < 1.29 is 17.2 Å². The summed E-state index contributed by atoms with van der Waals surface area (Å²) in [6.45, 7) is 0.0676. The molecule has 1 aliphatic carbocycles. The van der Waals surface area contributed by atoms with Crippen LogP contribution in [0.1, 0.15) is 41.1 Å². The van der Waals surface area contributed by atoms with E-state index in [1.54, 1.807) is 37.5 Å². The van der Waals surface area contributed by atoms with E-state index in [0.717, 1.165) is 24.0 Å². The number of aromatic nitrogens is 1. The van der Waals surface area contributed by atoms with Gasteiger partial charge in [-0.25, -0.2) is 21.9 Å². The largest absolute Gasteiger partial charge is 0.318 e. The monoisotopic (exact) mass is 483 g/mol. The van der Waals surface area contributed by atoms with Crippen LogP contribution in [-0.4, -0.2) is 25.2 Å². The highest BCUT2D eigenvalue weighted by atomic mass is 32.2. The number of hydrogen-bond acceptors (Lipinski definition) is 4. The molecule has 176 valence electrons. The van der Waals surface area contributed by atoms with E-state index in [4.69, 9.17) is 4.99 Å². The van der Waals surface area contributed by atoms with Crippen LogP contribution in [0, 0.1) is 17.6 Å². The molecule has 9 heteroatoms. The van der Waals surface area contributed by atoms with Crippen LogP contribution in [0.4, 0.5) is 8.78 Å². The number of benzene rings is 2. The summed E-state index contributed by atoms with van der Waals surface area (Å²) < 4.78 is 54.4. The molecule has 5 rings (SSSR count). The fourth-order valence-corrected chi connectivity index (χ4v) is 4.81. The molecule has 0 radical (unpaired) electrons. The van der Waals surface area contributed by atoms with Crippen molar-refractivity contribution in [1.29, 1.82) is 0 Å². The number of nitrogens with zero attached hydrogens (tertiary/aromatic N) is 2. The second-order valence-electron chi connectivity index (χ2n) is 8.76. The van der Waals surface area contributed by atoms with Gasteiger partial charge in [-0.2, -0.15) is 0 Å². The van der Waals surface area contributed by atoms with E-state index in [1.165, 1.54) is 22.8 Å². The maximum Gasteiger partial charge on any atom is 0.250 e. The molecule has 1 aliphatic heterocycles. The zero-order chi connectivity index (χ0) is 24.0. The summed E-state index contributed by atoms with van der Waals surface area (Å²) in [5.74, 6) is -0.584. The number of thiol groups is 1. The van der Waals surface area contributed by atoms with Gasteiger partial charge in [-0.1, -0.05) is 0 Å². The van der Waals surface area contributed by atoms with Crippen LogP contribution >= 0.6 is 0 Å². The lowest BCUT2D eigenvalue weighted by molar-refractivity contribution is 0.593. The maximum atomic E-state index is 15.2. The lowest BCUT2D eigenvalue weighted by Gasteiger charge is -2.16. The zero-order valence-corrected chi connectivity index (χ0v) is 19.3. The third kappa shape index (κ3) is 4.33. The van der Waals surface area contributed by atoms with Gasteiger partial charge < -0.3 is 4.57 Å². The van der Waals surface area contributed by atoms with Crippen LogP contribution in [0.2, 0.25) is 0 Å². The molecule has 1 atom stereocenters. The average Bonchev–Trinajstić information content (AvgIpc) is 3.64. The molecule has 34 heavy (non-hydrogen) atoms. The third-order valence-corrected chi connectivity index (χ3v) is 6.88. The summed E-state index contributed by atoms with van der Waals surface area (Å²) in [7, 11) is -1.11. The summed E-state index contributed by atoms with van der Waals surface area (Å²) in [6.07, 6.45) is 3.88. The van der Waals surface area contributed by atoms with Gasteiger partial charge in [0.2, 0.25) is 10.9 Å². The van der Waals surface area contributed by atoms with Gasteiger partial charge in [-0.05, 0) is 78.3 Å². The van der Waals surface area contributed by atoms with Gasteiger partial charge in [0.1, 0.15) is 11.6 Å². The Balaban J connectivity index is 1.75. The van der Waals surface area contributed by atoms with Crippen molar-refractivity contribution >= 4 is 16.6 Å². The summed E-state index contributed by atoms with van der Waals surface area (Å²) in [6, 6.07) is 10.4. The minimum absolute atomic E-state index is 0.0676. The molecule has 1 N–H and O–H groups in total. The molecule has 0 bridgehead atoms. The fraction of sp³-hybridized carbons (Fsp3) is 0.280. The van der Waals surface area contributed by atoms with Crippen molar-refractivity contribution in [2.75, 3.05) is 6.54 Å². The molecule has 3 aromatic rings. The molecular weight excluding hydrogens is 460 g/mol. The molecule has 1 fully saturated rings. The van der Waals surface area contributed by atoms with Gasteiger partial charge in [-0.3, -0.25) is 9.79 Å². The van der Waals surface area contributed by atoms with Crippen molar-refractivity contribution in [2.45, 2.75) is 25.3 Å². The fourth-order valence-electron chi connectivity index (χ4n) is 4.51. The molecule has 0 unspecified atom stereocenters. The van der Waals surface area contributed by atoms with Gasteiger partial charge in [0.05, 0.1) is 11.8 Å². The first-order valence-electron chi connectivity index (χ1n) is 11.1. The molecule has 6 nitrogen and oxygen atoms in total. The molecule has 2 heterocycles. The number of halogens is 2. The average molecular weight is 484 g/mol. The first-order valence-corrected chi connectivity index (χ1v) is 12.2. The van der Waals surface area contributed by atoms with Gasteiger partial charge in [0.25, 0.3) is 5.56 Å². The Morgan fingerprint density at radius 2 is 1.79 bits per heavy atom. The van der Waals surface area contributed by atoms with E-state index in [9.17, 15) is 17.6 Å². The number of rotatable bonds is 6. The summed E-state index contributed by atoms with van der Waals surface area (Å²) in [5.41, 5.74) is 4.25. The first-order chi connectivity index (χ1) is 16.3. The van der Waals surface area contributed by atoms with E-state index in [1.807, 2.05) is 0 Å². The summed E-state index contributed by atoms with van der Waals surface area (Å²) in [4.78, 5) is 17.6. The van der Waals surface area contributed by atoms with E-state index in [0.29, 0.717) is 28.0 Å². The number of fused-ring (bicyclic) bond motifs is 3. The molecule has 2 aromatic carbocycles. The van der Waals surface area contributed by atoms with Gasteiger partial charge in [0.15, 0.2) is 0 Å². The van der Waals surface area contributed by atoms with Crippen LogP contribution in [0.3, 0.4) is 0 Å². The summed E-state index contributed by atoms with van der Waals surface area (Å²) >= 11 is 0. The number of aliphatic imine (C=N–C) groups is 1. The Hall–Kier alpha value is -3.17. The number of pyridine rings is 1. The van der Waals surface area contributed by atoms with Crippen LogP contribution in [-0.2, 0) is 24.4 Å². The molecule has 0 spiro atoms. The number of hydrogen-bond donors (Lipinski definition) is 2. The highest BCUT2D eigenvalue weighted by Gasteiger charge is 2.37. The third-order valence-electron chi connectivity index (χ3n) is 6.40. The van der Waals surface area contributed by atoms with Crippen molar-refractivity contribution in [3.63, 3.8) is 0 Å². The van der Waals surface area contributed by atoms with E-state index in [2.05, 4.69) is 4.72 Å². The molecule has 1 aromatic heterocycles. The van der Waals surface area contributed by atoms with Crippen LogP contribution in [0.25, 0.3) is 11.1 Å². The predicted octanol–water partition coefficient (Wildman–Crippen LogP) is 3.29. The molecule has 0 amide bonds. The van der Waals surface area contributed by atoms with Crippen LogP contribution in [0.5, 0.6) is 0 Å². The normalized spacial score (nSPS) is 17.2. The predicted molar refractivity (Wildman–Crippen MR) is 127 cm³/mol. The van der Waals surface area contributed by atoms with Crippen molar-refractivity contribution in [1.82, 2.24) is 9.29 Å². The number of aryl methyl sites for hydroxylation is 1. The maximum absolute atomic E-state index is 15.2. The smallest absolute Gasteiger partial charge is 0.250 e. The Morgan fingerprint density at radius 1 is 1.06 bits per heavy atom. The van der Waals surface area contributed by atoms with Gasteiger partial charge >= 0.3 is 0 Å². The molecule has 2 aliphatic rings. The minimum Gasteiger partial charge on any atom is -0.318 e. The Labute approximate surface area is 197 Å². The van der Waals surface area contributed by atoms with E-state index in [-0.39, 0.29) is 36.3 Å². The Bertz CT molecular complexity index is 1430. The highest BCUT2D eigenvalue weighted by Crippen LogP contribution is 2.48. The standard InChI is InChI=1S/C25H23F2N3O3S/c1-30-13-21-18-10-16(8-9-28-34(32)33)22(27)11-19(18)24(15-4-6-17(26)7-5-15)29-25(14-2-3-14)20(21)12-23(30)31/h4-7,10-14,25,34H,2-3,8-9H2,1H3,(H,28,32,33)/t25-/m0/s1. The summed E-state index contributed by atoms with van der Waals surface area (Å²) in [5, 5.41) is 0. The van der Waals surface area contributed by atoms with Crippen LogP contribution in [0.15, 0.2) is 58.4 Å². The first kappa shape index (κ1) is 22.6. The van der Waals surface area contributed by atoms with Gasteiger partial charge in [0, 0.05) is 42.5 Å². The lowest BCUT2D eigenvalue weighted by Crippen LogP contribution is -2.18. The molecule has 0 saturated heterocycles. The van der Waals surface area contributed by atoms with E-state index < -0.39 is 16.7 Å². The van der Waals surface area contributed by atoms with Crippen molar-refractivity contribution in [2.24, 2.45) is 18.0 Å². The second-order valence-corrected chi connectivity index (χ2v) is 9.59. The zero-order valence-electron chi connectivity index (χ0n) is 18.4. The highest BCUT2D eigenvalue weighted by molar-refractivity contribution is 7.70. The topological polar surface area (TPSA) is 80.5 Å². The second kappa shape index (κ2) is 8.88. The quantitative estimate of drug-likeness (QED) is 0.528. The lowest BCUT2D eigenvalue weighted by atomic mass is 9.89. The van der Waals surface area contributed by atoms with E-state index >= 15 is 4.39 Å².